The molecule has 0 aliphatic carbocycles. The first-order valence-corrected chi connectivity index (χ1v) is 5.93. The Morgan fingerprint density at radius 3 is 2.39 bits per heavy atom. The van der Waals surface area contributed by atoms with Crippen LogP contribution in [0.25, 0.3) is 0 Å². The van der Waals surface area contributed by atoms with Gasteiger partial charge < -0.3 is 20.7 Å². The van der Waals surface area contributed by atoms with Crippen LogP contribution in [0.3, 0.4) is 0 Å². The van der Waals surface area contributed by atoms with E-state index in [1.54, 1.807) is 12.1 Å². The van der Waals surface area contributed by atoms with Crippen molar-refractivity contribution in [3.05, 3.63) is 24.3 Å². The Hall–Kier alpha value is -1.34. The molecule has 0 aromatic heterocycles. The van der Waals surface area contributed by atoms with Crippen LogP contribution < -0.4 is 21.1 Å². The number of aliphatic hydroxyl groups excluding tert-OH is 2. The summed E-state index contributed by atoms with van der Waals surface area (Å²) in [6.45, 7) is 1.40. The highest BCUT2D eigenvalue weighted by Crippen LogP contribution is 2.14. The minimum atomic E-state index is -0.134. The average Bonchev–Trinajstić information content (AvgIpc) is 2.38. The molecule has 6 nitrogen and oxygen atoms in total. The van der Waals surface area contributed by atoms with E-state index in [1.165, 1.54) is 0 Å². The Morgan fingerprint density at radius 1 is 1.17 bits per heavy atom. The Kier molecular flexibility index (Phi) is 7.12. The maximum atomic E-state index is 8.77. The first-order valence-electron chi connectivity index (χ1n) is 5.93. The first-order chi connectivity index (χ1) is 8.76. The van der Waals surface area contributed by atoms with Gasteiger partial charge >= 0.3 is 0 Å². The molecule has 0 bridgehead atoms. The quantitative estimate of drug-likeness (QED) is 0.291. The summed E-state index contributed by atoms with van der Waals surface area (Å²) >= 11 is 0. The van der Waals surface area contributed by atoms with Crippen LogP contribution in [0.1, 0.15) is 0 Å². The van der Waals surface area contributed by atoms with Crippen molar-refractivity contribution in [2.24, 2.45) is 0 Å². The summed E-state index contributed by atoms with van der Waals surface area (Å²) in [6.07, 6.45) is -0.134. The Morgan fingerprint density at radius 2 is 1.83 bits per heavy atom. The van der Waals surface area contributed by atoms with E-state index in [2.05, 4.69) is 10.6 Å². The summed E-state index contributed by atoms with van der Waals surface area (Å²) in [6, 6.07) is 7.18. The minimum absolute atomic E-state index is 0.0512. The van der Waals surface area contributed by atoms with Crippen molar-refractivity contribution in [3.8, 4) is 5.75 Å². The smallest absolute Gasteiger partial charge is 0.121 e. The standard InChI is InChI=1S/C12H21N3O3/c13-10-2-1-3-11(8-10)18-9-12(14-4-6-16)15-5-7-17/h1-3,8,12,14-17H,4-7,9,13H2. The van der Waals surface area contributed by atoms with Crippen LogP contribution in [0, 0.1) is 0 Å². The molecule has 0 saturated heterocycles. The van der Waals surface area contributed by atoms with E-state index in [0.29, 0.717) is 31.1 Å². The van der Waals surface area contributed by atoms with Gasteiger partial charge in [0, 0.05) is 24.8 Å². The minimum Gasteiger partial charge on any atom is -0.490 e. The van der Waals surface area contributed by atoms with Gasteiger partial charge in [0.15, 0.2) is 0 Å². The third-order valence-corrected chi connectivity index (χ3v) is 2.28. The molecule has 0 atom stereocenters. The zero-order chi connectivity index (χ0) is 13.2. The zero-order valence-electron chi connectivity index (χ0n) is 10.3. The summed E-state index contributed by atoms with van der Waals surface area (Å²) in [5, 5.41) is 23.7. The highest BCUT2D eigenvalue weighted by Gasteiger charge is 2.07. The number of benzene rings is 1. The van der Waals surface area contributed by atoms with E-state index < -0.39 is 0 Å². The molecular formula is C12H21N3O3. The van der Waals surface area contributed by atoms with Crippen molar-refractivity contribution in [1.82, 2.24) is 10.6 Å². The average molecular weight is 255 g/mol. The number of anilines is 1. The molecule has 0 saturated carbocycles. The van der Waals surface area contributed by atoms with Gasteiger partial charge in [-0.15, -0.1) is 0 Å². The van der Waals surface area contributed by atoms with Crippen LogP contribution in [0.2, 0.25) is 0 Å². The number of aliphatic hydroxyl groups is 2. The summed E-state index contributed by atoms with van der Waals surface area (Å²) in [5.74, 6) is 0.691. The molecule has 0 amide bonds. The maximum absolute atomic E-state index is 8.77. The van der Waals surface area contributed by atoms with Crippen LogP contribution in [0.5, 0.6) is 5.75 Å². The van der Waals surface area contributed by atoms with Gasteiger partial charge in [0.1, 0.15) is 12.4 Å². The summed E-state index contributed by atoms with van der Waals surface area (Å²) in [4.78, 5) is 0. The lowest BCUT2D eigenvalue weighted by Crippen LogP contribution is -2.48. The summed E-state index contributed by atoms with van der Waals surface area (Å²) in [7, 11) is 0. The second kappa shape index (κ2) is 8.71. The van der Waals surface area contributed by atoms with Crippen LogP contribution in [-0.4, -0.2) is 49.3 Å². The second-order valence-electron chi connectivity index (χ2n) is 3.79. The Balaban J connectivity index is 2.39. The monoisotopic (exact) mass is 255 g/mol. The number of hydrogen-bond donors (Lipinski definition) is 5. The number of ether oxygens (including phenoxy) is 1. The molecule has 1 aromatic carbocycles. The lowest BCUT2D eigenvalue weighted by Gasteiger charge is -2.20. The lowest BCUT2D eigenvalue weighted by atomic mass is 10.3. The van der Waals surface area contributed by atoms with E-state index in [1.807, 2.05) is 12.1 Å². The van der Waals surface area contributed by atoms with Gasteiger partial charge in [0.2, 0.25) is 0 Å². The topological polar surface area (TPSA) is 99.8 Å². The van der Waals surface area contributed by atoms with E-state index >= 15 is 0 Å². The van der Waals surface area contributed by atoms with E-state index in [9.17, 15) is 0 Å². The fourth-order valence-electron chi connectivity index (χ4n) is 1.45. The van der Waals surface area contributed by atoms with Crippen molar-refractivity contribution in [2.75, 3.05) is 38.6 Å². The number of rotatable bonds is 9. The molecule has 18 heavy (non-hydrogen) atoms. The van der Waals surface area contributed by atoms with E-state index in [-0.39, 0.29) is 19.4 Å². The molecule has 0 aliphatic rings. The van der Waals surface area contributed by atoms with Crippen molar-refractivity contribution in [3.63, 3.8) is 0 Å². The van der Waals surface area contributed by atoms with Crippen molar-refractivity contribution < 1.29 is 14.9 Å². The fraction of sp³-hybridized carbons (Fsp3) is 0.500. The van der Waals surface area contributed by atoms with E-state index in [0.717, 1.165) is 0 Å². The van der Waals surface area contributed by atoms with Crippen molar-refractivity contribution >= 4 is 5.69 Å². The van der Waals surface area contributed by atoms with Gasteiger partial charge in [0.25, 0.3) is 0 Å². The molecule has 1 aromatic rings. The van der Waals surface area contributed by atoms with Gasteiger partial charge in [-0.2, -0.15) is 0 Å². The zero-order valence-corrected chi connectivity index (χ0v) is 10.3. The predicted octanol–water partition coefficient (Wildman–Crippen LogP) is -0.862. The van der Waals surface area contributed by atoms with Crippen molar-refractivity contribution in [2.45, 2.75) is 6.17 Å². The number of hydrogen-bond acceptors (Lipinski definition) is 6. The van der Waals surface area contributed by atoms with Crippen LogP contribution in [0.4, 0.5) is 5.69 Å². The van der Waals surface area contributed by atoms with Crippen LogP contribution in [-0.2, 0) is 0 Å². The molecule has 102 valence electrons. The highest BCUT2D eigenvalue weighted by molar-refractivity contribution is 5.43. The number of nitrogens with two attached hydrogens (primary N) is 1. The second-order valence-corrected chi connectivity index (χ2v) is 3.79. The molecular weight excluding hydrogens is 234 g/mol. The highest BCUT2D eigenvalue weighted by atomic mass is 16.5. The van der Waals surface area contributed by atoms with Crippen molar-refractivity contribution in [1.29, 1.82) is 0 Å². The third kappa shape index (κ3) is 5.83. The van der Waals surface area contributed by atoms with Gasteiger partial charge in [-0.05, 0) is 12.1 Å². The molecule has 0 unspecified atom stereocenters. The van der Waals surface area contributed by atoms with Gasteiger partial charge in [-0.1, -0.05) is 6.07 Å². The van der Waals surface area contributed by atoms with Gasteiger partial charge in [-0.3, -0.25) is 10.6 Å². The predicted molar refractivity (Wildman–Crippen MR) is 70.3 cm³/mol. The SMILES string of the molecule is Nc1cccc(OCC(NCCO)NCCO)c1. The van der Waals surface area contributed by atoms with Crippen LogP contribution in [0.15, 0.2) is 24.3 Å². The largest absolute Gasteiger partial charge is 0.490 e. The fourth-order valence-corrected chi connectivity index (χ4v) is 1.45. The normalized spacial score (nSPS) is 10.8. The number of nitrogens with one attached hydrogen (secondary N) is 2. The maximum Gasteiger partial charge on any atom is 0.121 e. The Bertz CT molecular complexity index is 328. The molecule has 0 fully saturated rings. The summed E-state index contributed by atoms with van der Waals surface area (Å²) < 4.78 is 5.57. The molecule has 1 rings (SSSR count). The molecule has 0 aliphatic heterocycles. The molecule has 6 heteroatoms. The molecule has 0 spiro atoms. The summed E-state index contributed by atoms with van der Waals surface area (Å²) in [5.41, 5.74) is 6.30. The van der Waals surface area contributed by atoms with Crippen LogP contribution >= 0.6 is 0 Å². The van der Waals surface area contributed by atoms with Gasteiger partial charge in [0.05, 0.1) is 19.4 Å². The molecule has 0 radical (unpaired) electrons. The molecule has 0 heterocycles. The van der Waals surface area contributed by atoms with Gasteiger partial charge in [-0.25, -0.2) is 0 Å². The van der Waals surface area contributed by atoms with E-state index in [4.69, 9.17) is 20.7 Å². The molecule has 6 N–H and O–H groups in total. The lowest BCUT2D eigenvalue weighted by molar-refractivity contribution is 0.208. The number of nitrogen functional groups attached to an aromatic ring is 1. The first kappa shape index (κ1) is 14.7. The Labute approximate surface area is 107 Å². The third-order valence-electron chi connectivity index (χ3n) is 2.28.